The molecule has 0 aromatic heterocycles. The van der Waals surface area contributed by atoms with Gasteiger partial charge in [-0.25, -0.2) is 4.79 Å². The van der Waals surface area contributed by atoms with Crippen LogP contribution in [0.25, 0.3) is 10.8 Å². The minimum absolute atomic E-state index is 0.117. The largest absolute Gasteiger partial charge is 0.482 e. The third-order valence-electron chi connectivity index (χ3n) is 4.08. The molecule has 3 nitrogen and oxygen atoms in total. The maximum absolute atomic E-state index is 12.0. The fourth-order valence-corrected chi connectivity index (χ4v) is 5.66. The number of carbonyl (C=O) groups is 1. The smallest absolute Gasteiger partial charge is 0.349 e. The van der Waals surface area contributed by atoms with Crippen LogP contribution < -0.4 is 9.47 Å². The summed E-state index contributed by atoms with van der Waals surface area (Å²) >= 11 is 3.91. The van der Waals surface area contributed by atoms with Gasteiger partial charge in [0.25, 0.3) is 0 Å². The Kier molecular flexibility index (Phi) is 5.37. The Morgan fingerprint density at radius 3 is 2.35 bits per heavy atom. The molecule has 0 N–H and O–H groups in total. The number of benzene rings is 3. The van der Waals surface area contributed by atoms with Gasteiger partial charge in [-0.2, -0.15) is 0 Å². The first-order chi connectivity index (χ1) is 12.8. The van der Waals surface area contributed by atoms with E-state index in [1.807, 2.05) is 90.3 Å². The molecule has 5 heteroatoms. The van der Waals surface area contributed by atoms with E-state index in [2.05, 4.69) is 0 Å². The Bertz CT molecular complexity index is 903. The molecule has 4 rings (SSSR count). The zero-order valence-electron chi connectivity index (χ0n) is 14.1. The summed E-state index contributed by atoms with van der Waals surface area (Å²) in [7, 11) is 0. The molecule has 1 saturated heterocycles. The second-order valence-electron chi connectivity index (χ2n) is 5.91. The highest BCUT2D eigenvalue weighted by atomic mass is 32.2. The lowest BCUT2D eigenvalue weighted by Gasteiger charge is -2.10. The standard InChI is InChI=1S/C21H18O3S2/c22-20(14-23-19-10-5-15-3-1-2-4-17(15)13-19)24-18-8-6-16(7-9-18)21-25-11-12-26-21/h1-10,13,21H,11-12,14H2. The Morgan fingerprint density at radius 2 is 1.58 bits per heavy atom. The first kappa shape index (κ1) is 17.3. The molecule has 0 atom stereocenters. The summed E-state index contributed by atoms with van der Waals surface area (Å²) in [6.07, 6.45) is 0. The van der Waals surface area contributed by atoms with Gasteiger partial charge in [0.2, 0.25) is 0 Å². The summed E-state index contributed by atoms with van der Waals surface area (Å²) in [4.78, 5) is 12.0. The fraction of sp³-hybridized carbons (Fsp3) is 0.190. The lowest BCUT2D eigenvalue weighted by Crippen LogP contribution is -2.17. The van der Waals surface area contributed by atoms with Crippen LogP contribution in [0.15, 0.2) is 66.7 Å². The quantitative estimate of drug-likeness (QED) is 0.442. The minimum Gasteiger partial charge on any atom is -0.482 e. The van der Waals surface area contributed by atoms with E-state index in [0.29, 0.717) is 16.1 Å². The number of hydrogen-bond acceptors (Lipinski definition) is 5. The van der Waals surface area contributed by atoms with E-state index in [1.165, 1.54) is 17.1 Å². The monoisotopic (exact) mass is 382 g/mol. The Hall–Kier alpha value is -2.11. The molecule has 1 aliphatic rings. The maximum Gasteiger partial charge on any atom is 0.349 e. The summed E-state index contributed by atoms with van der Waals surface area (Å²) in [5.74, 6) is 3.19. The number of esters is 1. The molecule has 1 aliphatic heterocycles. The zero-order valence-corrected chi connectivity index (χ0v) is 15.7. The van der Waals surface area contributed by atoms with Gasteiger partial charge in [0, 0.05) is 11.5 Å². The van der Waals surface area contributed by atoms with E-state index in [-0.39, 0.29) is 6.61 Å². The number of rotatable bonds is 5. The van der Waals surface area contributed by atoms with Crippen LogP contribution in [0.2, 0.25) is 0 Å². The van der Waals surface area contributed by atoms with Crippen molar-refractivity contribution in [2.45, 2.75) is 4.58 Å². The zero-order chi connectivity index (χ0) is 17.8. The molecule has 0 unspecified atom stereocenters. The summed E-state index contributed by atoms with van der Waals surface area (Å²) in [5, 5.41) is 2.22. The van der Waals surface area contributed by atoms with E-state index in [4.69, 9.17) is 9.47 Å². The van der Waals surface area contributed by atoms with Crippen molar-refractivity contribution >= 4 is 40.3 Å². The van der Waals surface area contributed by atoms with E-state index in [9.17, 15) is 4.79 Å². The molecule has 1 fully saturated rings. The van der Waals surface area contributed by atoms with Gasteiger partial charge in [0.15, 0.2) is 6.61 Å². The number of thioether (sulfide) groups is 2. The van der Waals surface area contributed by atoms with E-state index < -0.39 is 5.97 Å². The van der Waals surface area contributed by atoms with Gasteiger partial charge in [0.05, 0.1) is 4.58 Å². The van der Waals surface area contributed by atoms with Crippen molar-refractivity contribution in [3.63, 3.8) is 0 Å². The van der Waals surface area contributed by atoms with Crippen LogP contribution >= 0.6 is 23.5 Å². The Morgan fingerprint density at radius 1 is 0.885 bits per heavy atom. The maximum atomic E-state index is 12.0. The van der Waals surface area contributed by atoms with Gasteiger partial charge in [-0.15, -0.1) is 23.5 Å². The lowest BCUT2D eigenvalue weighted by atomic mass is 10.1. The number of ether oxygens (including phenoxy) is 2. The highest BCUT2D eigenvalue weighted by molar-refractivity contribution is 8.19. The molecule has 0 bridgehead atoms. The molecular formula is C21H18O3S2. The first-order valence-corrected chi connectivity index (χ1v) is 10.5. The summed E-state index contributed by atoms with van der Waals surface area (Å²) < 4.78 is 11.4. The van der Waals surface area contributed by atoms with Crippen LogP contribution in [0.5, 0.6) is 11.5 Å². The van der Waals surface area contributed by atoms with Gasteiger partial charge in [-0.1, -0.05) is 42.5 Å². The van der Waals surface area contributed by atoms with Gasteiger partial charge >= 0.3 is 5.97 Å². The molecule has 3 aromatic carbocycles. The highest BCUT2D eigenvalue weighted by Crippen LogP contribution is 2.45. The topological polar surface area (TPSA) is 35.5 Å². The van der Waals surface area contributed by atoms with Crippen molar-refractivity contribution < 1.29 is 14.3 Å². The van der Waals surface area contributed by atoms with Crippen LogP contribution in [-0.2, 0) is 4.79 Å². The normalized spacial score (nSPS) is 14.5. The molecule has 3 aromatic rings. The van der Waals surface area contributed by atoms with Gasteiger partial charge < -0.3 is 9.47 Å². The summed E-state index contributed by atoms with van der Waals surface area (Å²) in [6.45, 7) is -0.117. The number of carbonyl (C=O) groups excluding carboxylic acids is 1. The third-order valence-corrected chi connectivity index (χ3v) is 7.19. The molecule has 132 valence electrons. The molecule has 26 heavy (non-hydrogen) atoms. The Balaban J connectivity index is 1.33. The molecule has 0 aliphatic carbocycles. The number of fused-ring (bicyclic) bond motifs is 1. The second-order valence-corrected chi connectivity index (χ2v) is 8.64. The Labute approximate surface area is 161 Å². The van der Waals surface area contributed by atoms with Crippen molar-refractivity contribution in [3.8, 4) is 11.5 Å². The van der Waals surface area contributed by atoms with Gasteiger partial charge in [-0.05, 0) is 40.6 Å². The van der Waals surface area contributed by atoms with Crippen LogP contribution in [0.3, 0.4) is 0 Å². The molecule has 0 amide bonds. The predicted octanol–water partition coefficient (Wildman–Crippen LogP) is 5.30. The lowest BCUT2D eigenvalue weighted by molar-refractivity contribution is -0.136. The number of hydrogen-bond donors (Lipinski definition) is 0. The second kappa shape index (κ2) is 8.06. The van der Waals surface area contributed by atoms with Crippen molar-refractivity contribution in [2.75, 3.05) is 18.1 Å². The van der Waals surface area contributed by atoms with Crippen molar-refractivity contribution in [1.82, 2.24) is 0 Å². The summed E-state index contributed by atoms with van der Waals surface area (Å²) in [5.41, 5.74) is 1.27. The fourth-order valence-electron chi connectivity index (χ4n) is 2.80. The average molecular weight is 383 g/mol. The average Bonchev–Trinajstić information content (AvgIpc) is 3.22. The SMILES string of the molecule is O=C(COc1ccc2ccccc2c1)Oc1ccc(C2SCCS2)cc1. The molecule has 1 heterocycles. The van der Waals surface area contributed by atoms with E-state index >= 15 is 0 Å². The van der Waals surface area contributed by atoms with Gasteiger partial charge in [-0.3, -0.25) is 0 Å². The van der Waals surface area contributed by atoms with Crippen molar-refractivity contribution in [1.29, 1.82) is 0 Å². The minimum atomic E-state index is -0.407. The molecular weight excluding hydrogens is 364 g/mol. The molecule has 0 saturated carbocycles. The van der Waals surface area contributed by atoms with E-state index in [1.54, 1.807) is 0 Å². The van der Waals surface area contributed by atoms with Crippen LogP contribution in [0, 0.1) is 0 Å². The molecule has 0 spiro atoms. The predicted molar refractivity (Wildman–Crippen MR) is 109 cm³/mol. The summed E-state index contributed by atoms with van der Waals surface area (Å²) in [6, 6.07) is 21.6. The molecule has 0 radical (unpaired) electrons. The van der Waals surface area contributed by atoms with E-state index in [0.717, 1.165) is 10.8 Å². The van der Waals surface area contributed by atoms with Crippen molar-refractivity contribution in [3.05, 3.63) is 72.3 Å². The van der Waals surface area contributed by atoms with Gasteiger partial charge in [0.1, 0.15) is 11.5 Å². The van der Waals surface area contributed by atoms with Crippen LogP contribution in [-0.4, -0.2) is 24.1 Å². The van der Waals surface area contributed by atoms with Crippen LogP contribution in [0.1, 0.15) is 10.1 Å². The highest BCUT2D eigenvalue weighted by Gasteiger charge is 2.18. The van der Waals surface area contributed by atoms with Crippen LogP contribution in [0.4, 0.5) is 0 Å². The van der Waals surface area contributed by atoms with Crippen molar-refractivity contribution in [2.24, 2.45) is 0 Å². The first-order valence-electron chi connectivity index (χ1n) is 8.43. The third kappa shape index (κ3) is 4.17.